The number of rotatable bonds is 6. The lowest BCUT2D eigenvalue weighted by Crippen LogP contribution is -2.55. The minimum Gasteiger partial charge on any atom is -0.370 e. The van der Waals surface area contributed by atoms with Gasteiger partial charge in [-0.05, 0) is 56.9 Å². The van der Waals surface area contributed by atoms with Gasteiger partial charge in [0, 0.05) is 5.56 Å². The Labute approximate surface area is 145 Å². The lowest BCUT2D eigenvalue weighted by Gasteiger charge is -2.51. The molecule has 0 radical (unpaired) electrons. The number of benzene rings is 1. The summed E-state index contributed by atoms with van der Waals surface area (Å²) in [5.74, 6) is 0.451. The summed E-state index contributed by atoms with van der Waals surface area (Å²) in [6.07, 6.45) is 7.63. The van der Waals surface area contributed by atoms with Crippen LogP contribution in [-0.2, 0) is 16.1 Å². The third kappa shape index (κ3) is 3.01. The van der Waals surface area contributed by atoms with Crippen molar-refractivity contribution in [2.24, 2.45) is 5.92 Å². The summed E-state index contributed by atoms with van der Waals surface area (Å²) in [5.41, 5.74) is 0.439. The standard InChI is InChI=1S/C21H31FO2/c1-4-20(5-2)17-11-12-19(21(6-3,24-20)14-13-17)23-15-16-9-7-8-10-18(16)22/h7-10,17,19H,4-6,11-15H2,1-3H3. The second-order valence-electron chi connectivity index (χ2n) is 7.50. The van der Waals surface area contributed by atoms with Crippen molar-refractivity contribution in [1.82, 2.24) is 0 Å². The van der Waals surface area contributed by atoms with Crippen molar-refractivity contribution in [2.45, 2.75) is 89.6 Å². The Bertz CT molecular complexity index is 555. The highest BCUT2D eigenvalue weighted by Crippen LogP contribution is 2.52. The monoisotopic (exact) mass is 334 g/mol. The van der Waals surface area contributed by atoms with Crippen LogP contribution in [0, 0.1) is 11.7 Å². The molecule has 2 nitrogen and oxygen atoms in total. The van der Waals surface area contributed by atoms with Gasteiger partial charge in [-0.1, -0.05) is 39.0 Å². The van der Waals surface area contributed by atoms with Gasteiger partial charge in [-0.25, -0.2) is 4.39 Å². The first kappa shape index (κ1) is 17.9. The second-order valence-corrected chi connectivity index (χ2v) is 7.50. The van der Waals surface area contributed by atoms with Crippen LogP contribution in [-0.4, -0.2) is 17.3 Å². The summed E-state index contributed by atoms with van der Waals surface area (Å²) in [4.78, 5) is 0. The molecule has 2 bridgehead atoms. The lowest BCUT2D eigenvalue weighted by molar-refractivity contribution is -0.247. The third-order valence-corrected chi connectivity index (χ3v) is 6.62. The normalized spacial score (nSPS) is 31.8. The summed E-state index contributed by atoms with van der Waals surface area (Å²) in [5, 5.41) is 0. The number of hydrogen-bond acceptors (Lipinski definition) is 2. The Hall–Kier alpha value is -0.930. The molecule has 3 heteroatoms. The number of hydrogen-bond donors (Lipinski definition) is 0. The van der Waals surface area contributed by atoms with Crippen LogP contribution in [0.15, 0.2) is 24.3 Å². The quantitative estimate of drug-likeness (QED) is 0.670. The fourth-order valence-electron chi connectivity index (χ4n) is 4.96. The van der Waals surface area contributed by atoms with Crippen molar-refractivity contribution in [3.8, 4) is 0 Å². The maximum atomic E-state index is 13.9. The molecule has 0 aromatic heterocycles. The van der Waals surface area contributed by atoms with Gasteiger partial charge in [0.25, 0.3) is 0 Å². The zero-order valence-corrected chi connectivity index (χ0v) is 15.3. The van der Waals surface area contributed by atoms with E-state index < -0.39 is 0 Å². The average molecular weight is 334 g/mol. The molecule has 2 aliphatic heterocycles. The van der Waals surface area contributed by atoms with Gasteiger partial charge in [0.05, 0.1) is 23.9 Å². The van der Waals surface area contributed by atoms with Crippen LogP contribution in [0.5, 0.6) is 0 Å². The van der Waals surface area contributed by atoms with E-state index in [1.54, 1.807) is 6.07 Å². The Morgan fingerprint density at radius 2 is 1.83 bits per heavy atom. The molecule has 1 aliphatic carbocycles. The van der Waals surface area contributed by atoms with Gasteiger partial charge in [-0.15, -0.1) is 0 Å². The van der Waals surface area contributed by atoms with E-state index in [1.807, 2.05) is 12.1 Å². The van der Waals surface area contributed by atoms with Crippen molar-refractivity contribution in [3.63, 3.8) is 0 Å². The first-order valence-corrected chi connectivity index (χ1v) is 9.64. The largest absolute Gasteiger partial charge is 0.370 e. The van der Waals surface area contributed by atoms with Gasteiger partial charge in [0.2, 0.25) is 0 Å². The van der Waals surface area contributed by atoms with Crippen molar-refractivity contribution in [3.05, 3.63) is 35.6 Å². The molecule has 0 spiro atoms. The highest BCUT2D eigenvalue weighted by Gasteiger charge is 2.54. The molecule has 24 heavy (non-hydrogen) atoms. The van der Waals surface area contributed by atoms with E-state index in [0.717, 1.165) is 38.5 Å². The number of halogens is 1. The molecular weight excluding hydrogens is 303 g/mol. The molecule has 0 amide bonds. The van der Waals surface area contributed by atoms with Crippen LogP contribution < -0.4 is 0 Å². The Kier molecular flexibility index (Phi) is 5.31. The van der Waals surface area contributed by atoms with E-state index in [1.165, 1.54) is 12.5 Å². The molecule has 3 fully saturated rings. The van der Waals surface area contributed by atoms with Crippen LogP contribution in [0.1, 0.15) is 71.3 Å². The summed E-state index contributed by atoms with van der Waals surface area (Å²) >= 11 is 0. The van der Waals surface area contributed by atoms with Gasteiger partial charge < -0.3 is 9.47 Å². The van der Waals surface area contributed by atoms with Crippen molar-refractivity contribution >= 4 is 0 Å². The molecule has 1 aromatic rings. The zero-order valence-electron chi connectivity index (χ0n) is 15.3. The summed E-state index contributed by atoms with van der Waals surface area (Å²) < 4.78 is 27.0. The molecule has 3 aliphatic rings. The summed E-state index contributed by atoms with van der Waals surface area (Å²) in [6.45, 7) is 7.05. The van der Waals surface area contributed by atoms with Gasteiger partial charge in [-0.3, -0.25) is 0 Å². The minimum atomic E-state index is -0.204. The number of ether oxygens (including phenoxy) is 2. The molecule has 0 N–H and O–H groups in total. The first-order valence-electron chi connectivity index (χ1n) is 9.64. The van der Waals surface area contributed by atoms with Gasteiger partial charge in [-0.2, -0.15) is 0 Å². The highest BCUT2D eigenvalue weighted by atomic mass is 19.1. The van der Waals surface area contributed by atoms with E-state index in [2.05, 4.69) is 20.8 Å². The van der Waals surface area contributed by atoms with Gasteiger partial charge >= 0.3 is 0 Å². The molecule has 3 unspecified atom stereocenters. The van der Waals surface area contributed by atoms with Crippen LogP contribution in [0.4, 0.5) is 4.39 Å². The second kappa shape index (κ2) is 7.13. The smallest absolute Gasteiger partial charge is 0.128 e. The van der Waals surface area contributed by atoms with E-state index >= 15 is 0 Å². The summed E-state index contributed by atoms with van der Waals surface area (Å²) in [7, 11) is 0. The third-order valence-electron chi connectivity index (χ3n) is 6.62. The topological polar surface area (TPSA) is 18.5 Å². The van der Waals surface area contributed by atoms with Crippen LogP contribution in [0.25, 0.3) is 0 Å². The Morgan fingerprint density at radius 1 is 1.08 bits per heavy atom. The predicted octanol–water partition coefficient (Wildman–Crippen LogP) is 5.64. The molecule has 1 aromatic carbocycles. The molecule has 3 atom stereocenters. The predicted molar refractivity (Wildman–Crippen MR) is 94.4 cm³/mol. The van der Waals surface area contributed by atoms with Crippen molar-refractivity contribution in [2.75, 3.05) is 0 Å². The van der Waals surface area contributed by atoms with Crippen LogP contribution in [0.3, 0.4) is 0 Å². The van der Waals surface area contributed by atoms with Crippen molar-refractivity contribution in [1.29, 1.82) is 0 Å². The maximum absolute atomic E-state index is 13.9. The Morgan fingerprint density at radius 3 is 2.50 bits per heavy atom. The zero-order chi connectivity index (χ0) is 17.2. The first-order chi connectivity index (χ1) is 11.6. The molecule has 2 saturated heterocycles. The lowest BCUT2D eigenvalue weighted by atomic mass is 9.74. The maximum Gasteiger partial charge on any atom is 0.128 e. The molecule has 1 saturated carbocycles. The number of fused-ring (bicyclic) bond motifs is 4. The van der Waals surface area contributed by atoms with Gasteiger partial charge in [0.1, 0.15) is 5.82 Å². The fraction of sp³-hybridized carbons (Fsp3) is 0.714. The minimum absolute atomic E-state index is 0.00433. The molecule has 2 heterocycles. The van der Waals surface area contributed by atoms with Gasteiger partial charge in [0.15, 0.2) is 0 Å². The van der Waals surface area contributed by atoms with Crippen molar-refractivity contribution < 1.29 is 13.9 Å². The van der Waals surface area contributed by atoms with E-state index in [0.29, 0.717) is 18.1 Å². The highest BCUT2D eigenvalue weighted by molar-refractivity contribution is 5.16. The van der Waals surface area contributed by atoms with E-state index in [9.17, 15) is 4.39 Å². The molecular formula is C21H31FO2. The summed E-state index contributed by atoms with van der Waals surface area (Å²) in [6, 6.07) is 6.90. The average Bonchev–Trinajstić information content (AvgIpc) is 2.88. The van der Waals surface area contributed by atoms with Crippen LogP contribution in [0.2, 0.25) is 0 Å². The molecule has 4 rings (SSSR count). The SMILES string of the molecule is CCC1(CC)OC2(CC)CCC1CCC2OCc1ccccc1F. The Balaban J connectivity index is 1.80. The fourth-order valence-corrected chi connectivity index (χ4v) is 4.96. The molecule has 134 valence electrons. The van der Waals surface area contributed by atoms with Crippen LogP contribution >= 0.6 is 0 Å². The van der Waals surface area contributed by atoms with E-state index in [4.69, 9.17) is 9.47 Å². The van der Waals surface area contributed by atoms with E-state index in [-0.39, 0.29) is 23.1 Å².